The average Bonchev–Trinajstić information content (AvgIpc) is 3.09. The monoisotopic (exact) mass is 270 g/mol. The molecule has 0 saturated heterocycles. The summed E-state index contributed by atoms with van der Waals surface area (Å²) in [5.74, 6) is -0.785. The molecule has 2 aliphatic carbocycles. The van der Waals surface area contributed by atoms with Gasteiger partial charge in [0.05, 0.1) is 0 Å². The first-order valence-corrected chi connectivity index (χ1v) is 7.32. The van der Waals surface area contributed by atoms with Crippen LogP contribution in [0.15, 0.2) is 24.8 Å². The molecule has 2 atom stereocenters. The van der Waals surface area contributed by atoms with Gasteiger partial charge < -0.3 is 5.73 Å². The maximum atomic E-state index is 12.2. The highest BCUT2D eigenvalue weighted by Crippen LogP contribution is 2.49. The Bertz CT molecular complexity index is 534. The Morgan fingerprint density at radius 3 is 2.39 bits per heavy atom. The van der Waals surface area contributed by atoms with Crippen LogP contribution in [0.25, 0.3) is 0 Å². The molecule has 0 aliphatic heterocycles. The van der Waals surface area contributed by atoms with Crippen molar-refractivity contribution in [3.63, 3.8) is 0 Å². The topological polar surface area (TPSA) is 89.3 Å². The number of carbonyl (C=O) groups is 1. The molecule has 2 rings (SSSR count). The van der Waals surface area contributed by atoms with Crippen molar-refractivity contribution in [1.29, 1.82) is 0 Å². The third-order valence-corrected chi connectivity index (χ3v) is 6.23. The normalized spacial score (nSPS) is 32.4. The van der Waals surface area contributed by atoms with Gasteiger partial charge in [-0.05, 0) is 26.2 Å². The standard InChI is InChI=1S/C12H18N2O3S/c1-4-9-7-12(9,13)10(15)14-18(16,17)11(5-6-11)8(2)3/h4,9H,1-2,5-7,13H2,3H3,(H,14,15)/t9-,12?/m1/s1. The molecule has 3 N–H and O–H groups in total. The van der Waals surface area contributed by atoms with Gasteiger partial charge in [0.15, 0.2) is 0 Å². The van der Waals surface area contributed by atoms with E-state index < -0.39 is 26.2 Å². The highest BCUT2D eigenvalue weighted by molar-refractivity contribution is 7.92. The van der Waals surface area contributed by atoms with Crippen LogP contribution in [-0.2, 0) is 14.8 Å². The van der Waals surface area contributed by atoms with Gasteiger partial charge in [0.25, 0.3) is 5.91 Å². The minimum Gasteiger partial charge on any atom is -0.317 e. The minimum absolute atomic E-state index is 0.146. The van der Waals surface area contributed by atoms with Crippen LogP contribution in [0.1, 0.15) is 26.2 Å². The summed E-state index contributed by atoms with van der Waals surface area (Å²) >= 11 is 0. The van der Waals surface area contributed by atoms with Crippen molar-refractivity contribution in [2.24, 2.45) is 11.7 Å². The van der Waals surface area contributed by atoms with Crippen molar-refractivity contribution in [3.05, 3.63) is 24.8 Å². The quantitative estimate of drug-likeness (QED) is 0.710. The van der Waals surface area contributed by atoms with Gasteiger partial charge >= 0.3 is 0 Å². The van der Waals surface area contributed by atoms with E-state index in [-0.39, 0.29) is 5.92 Å². The highest BCUT2D eigenvalue weighted by atomic mass is 32.2. The van der Waals surface area contributed by atoms with Gasteiger partial charge in [0, 0.05) is 5.92 Å². The molecule has 6 heteroatoms. The van der Waals surface area contributed by atoms with Crippen molar-refractivity contribution < 1.29 is 13.2 Å². The molecule has 100 valence electrons. The third kappa shape index (κ3) is 1.71. The summed E-state index contributed by atoms with van der Waals surface area (Å²) in [4.78, 5) is 11.9. The van der Waals surface area contributed by atoms with E-state index >= 15 is 0 Å². The molecular weight excluding hydrogens is 252 g/mol. The van der Waals surface area contributed by atoms with Gasteiger partial charge in [-0.25, -0.2) is 8.42 Å². The van der Waals surface area contributed by atoms with E-state index in [1.54, 1.807) is 13.0 Å². The van der Waals surface area contributed by atoms with Gasteiger partial charge in [-0.2, -0.15) is 0 Å². The second-order valence-electron chi connectivity index (χ2n) is 5.30. The Balaban J connectivity index is 2.14. The van der Waals surface area contributed by atoms with Crippen molar-refractivity contribution in [2.45, 2.75) is 36.5 Å². The van der Waals surface area contributed by atoms with Crippen molar-refractivity contribution in [3.8, 4) is 0 Å². The first-order chi connectivity index (χ1) is 8.19. The molecule has 2 fully saturated rings. The number of sulfonamides is 1. The van der Waals surface area contributed by atoms with Gasteiger partial charge in [-0.15, -0.1) is 6.58 Å². The fourth-order valence-corrected chi connectivity index (χ4v) is 3.94. The first-order valence-electron chi connectivity index (χ1n) is 5.84. The lowest BCUT2D eigenvalue weighted by Gasteiger charge is -2.19. The molecule has 18 heavy (non-hydrogen) atoms. The zero-order valence-electron chi connectivity index (χ0n) is 10.4. The highest BCUT2D eigenvalue weighted by Gasteiger charge is 2.60. The Hall–Kier alpha value is -1.14. The van der Waals surface area contributed by atoms with Crippen LogP contribution in [0.2, 0.25) is 0 Å². The van der Waals surface area contributed by atoms with E-state index in [1.807, 2.05) is 0 Å². The van der Waals surface area contributed by atoms with Gasteiger partial charge in [-0.1, -0.05) is 18.2 Å². The molecule has 1 amide bonds. The van der Waals surface area contributed by atoms with Crippen LogP contribution < -0.4 is 10.5 Å². The Morgan fingerprint density at radius 1 is 1.50 bits per heavy atom. The lowest BCUT2D eigenvalue weighted by atomic mass is 10.2. The van der Waals surface area contributed by atoms with E-state index in [2.05, 4.69) is 17.9 Å². The van der Waals surface area contributed by atoms with Crippen LogP contribution in [-0.4, -0.2) is 24.6 Å². The van der Waals surface area contributed by atoms with Crippen molar-refractivity contribution in [2.75, 3.05) is 0 Å². The average molecular weight is 270 g/mol. The van der Waals surface area contributed by atoms with Crippen molar-refractivity contribution in [1.82, 2.24) is 4.72 Å². The summed E-state index contributed by atoms with van der Waals surface area (Å²) in [5.41, 5.74) is 5.27. The number of hydrogen-bond acceptors (Lipinski definition) is 4. The summed E-state index contributed by atoms with van der Waals surface area (Å²) < 4.78 is 25.5. The van der Waals surface area contributed by atoms with E-state index in [4.69, 9.17) is 5.73 Å². The predicted molar refractivity (Wildman–Crippen MR) is 69.1 cm³/mol. The maximum absolute atomic E-state index is 12.2. The molecule has 0 aromatic rings. The maximum Gasteiger partial charge on any atom is 0.254 e. The minimum atomic E-state index is -3.74. The first kappa shape index (κ1) is 13.3. The lowest BCUT2D eigenvalue weighted by Crippen LogP contribution is -2.50. The molecule has 5 nitrogen and oxygen atoms in total. The number of nitrogens with two attached hydrogens (primary N) is 1. The molecule has 0 aromatic heterocycles. The molecule has 0 spiro atoms. The van der Waals surface area contributed by atoms with E-state index in [9.17, 15) is 13.2 Å². The lowest BCUT2D eigenvalue weighted by molar-refractivity contribution is -0.121. The van der Waals surface area contributed by atoms with Crippen LogP contribution >= 0.6 is 0 Å². The summed E-state index contributed by atoms with van der Waals surface area (Å²) in [7, 11) is -3.74. The van der Waals surface area contributed by atoms with Gasteiger partial charge in [-0.3, -0.25) is 9.52 Å². The van der Waals surface area contributed by atoms with Crippen LogP contribution in [0.5, 0.6) is 0 Å². The molecule has 0 aromatic carbocycles. The van der Waals surface area contributed by atoms with E-state index in [1.165, 1.54) is 0 Å². The van der Waals surface area contributed by atoms with Gasteiger partial charge in [0.1, 0.15) is 10.3 Å². The zero-order valence-corrected chi connectivity index (χ0v) is 11.2. The molecular formula is C12H18N2O3S. The second kappa shape index (κ2) is 3.68. The molecule has 2 saturated carbocycles. The smallest absolute Gasteiger partial charge is 0.254 e. The van der Waals surface area contributed by atoms with E-state index in [0.29, 0.717) is 24.8 Å². The largest absolute Gasteiger partial charge is 0.317 e. The second-order valence-corrected chi connectivity index (χ2v) is 7.29. The molecule has 1 unspecified atom stereocenters. The van der Waals surface area contributed by atoms with Crippen LogP contribution in [0.3, 0.4) is 0 Å². The Labute approximate surface area is 107 Å². The molecule has 0 heterocycles. The van der Waals surface area contributed by atoms with Gasteiger partial charge in [0.2, 0.25) is 10.0 Å². The van der Waals surface area contributed by atoms with E-state index in [0.717, 1.165) is 0 Å². The number of carbonyl (C=O) groups excluding carboxylic acids is 1. The fourth-order valence-electron chi connectivity index (χ4n) is 2.21. The number of nitrogens with one attached hydrogen (secondary N) is 1. The third-order valence-electron chi connectivity index (χ3n) is 3.99. The number of hydrogen-bond donors (Lipinski definition) is 2. The van der Waals surface area contributed by atoms with Crippen LogP contribution in [0, 0.1) is 5.92 Å². The van der Waals surface area contributed by atoms with Crippen molar-refractivity contribution >= 4 is 15.9 Å². The zero-order chi connectivity index (χ0) is 13.8. The molecule has 0 radical (unpaired) electrons. The predicted octanol–water partition coefficient (Wildman–Crippen LogP) is 0.444. The fraction of sp³-hybridized carbons (Fsp3) is 0.583. The summed E-state index contributed by atoms with van der Waals surface area (Å²) in [6, 6.07) is 0. The molecule has 0 bridgehead atoms. The summed E-state index contributed by atoms with van der Waals surface area (Å²) in [6.45, 7) is 8.92. The SMILES string of the molecule is C=C[C@@H]1CC1(N)C(=O)NS(=O)(=O)C1(C(=C)C)CC1. The molecule has 2 aliphatic rings. The number of rotatable bonds is 5. The Morgan fingerprint density at radius 2 is 2.06 bits per heavy atom. The Kier molecular flexibility index (Phi) is 2.72. The summed E-state index contributed by atoms with van der Waals surface area (Å²) in [5, 5.41) is 0. The number of amides is 1. The van der Waals surface area contributed by atoms with Crippen LogP contribution in [0.4, 0.5) is 0 Å². The summed E-state index contributed by atoms with van der Waals surface area (Å²) in [6.07, 6.45) is 3.04.